The third kappa shape index (κ3) is 2.76. The Hall–Kier alpha value is -2.40. The fraction of sp³-hybridized carbons (Fsp3) is 0.263. The molecule has 1 aliphatic rings. The number of carbonyl (C=O) groups is 1. The predicted molar refractivity (Wildman–Crippen MR) is 95.8 cm³/mol. The van der Waals surface area contributed by atoms with Crippen LogP contribution in [0.4, 0.5) is 0 Å². The van der Waals surface area contributed by atoms with Gasteiger partial charge in [-0.25, -0.2) is 4.98 Å². The highest BCUT2D eigenvalue weighted by Crippen LogP contribution is 2.27. The molecular formula is C19H19N3OS. The van der Waals surface area contributed by atoms with E-state index in [1.807, 2.05) is 29.3 Å². The van der Waals surface area contributed by atoms with Crippen LogP contribution in [0.2, 0.25) is 0 Å². The van der Waals surface area contributed by atoms with E-state index in [1.165, 1.54) is 10.4 Å². The second-order valence-corrected chi connectivity index (χ2v) is 7.05. The van der Waals surface area contributed by atoms with Gasteiger partial charge in [0.15, 0.2) is 0 Å². The Morgan fingerprint density at radius 1 is 1.21 bits per heavy atom. The SMILES string of the molecule is Cc1ccccc1CC(=O)N1CCn2c(-c3cccs3)cnc2C1. The number of hydrogen-bond acceptors (Lipinski definition) is 3. The minimum absolute atomic E-state index is 0.177. The van der Waals surface area contributed by atoms with Crippen molar-refractivity contribution in [2.75, 3.05) is 6.54 Å². The zero-order valence-electron chi connectivity index (χ0n) is 13.6. The van der Waals surface area contributed by atoms with Crippen molar-refractivity contribution in [1.29, 1.82) is 0 Å². The lowest BCUT2D eigenvalue weighted by Gasteiger charge is -2.28. The van der Waals surface area contributed by atoms with E-state index >= 15 is 0 Å². The molecule has 0 spiro atoms. The molecule has 1 aliphatic heterocycles. The molecule has 0 saturated heterocycles. The summed E-state index contributed by atoms with van der Waals surface area (Å²) in [6.45, 7) is 4.20. The Kier molecular flexibility index (Phi) is 3.94. The molecule has 3 aromatic rings. The van der Waals surface area contributed by atoms with Gasteiger partial charge in [-0.1, -0.05) is 30.3 Å². The molecule has 4 rings (SSSR count). The van der Waals surface area contributed by atoms with E-state index in [-0.39, 0.29) is 5.91 Å². The van der Waals surface area contributed by atoms with E-state index < -0.39 is 0 Å². The largest absolute Gasteiger partial charge is 0.333 e. The van der Waals surface area contributed by atoms with Crippen LogP contribution in [-0.4, -0.2) is 26.9 Å². The van der Waals surface area contributed by atoms with Gasteiger partial charge in [0, 0.05) is 13.1 Å². The van der Waals surface area contributed by atoms with Crippen molar-refractivity contribution in [1.82, 2.24) is 14.5 Å². The van der Waals surface area contributed by atoms with Gasteiger partial charge in [0.2, 0.25) is 5.91 Å². The number of benzene rings is 1. The smallest absolute Gasteiger partial charge is 0.227 e. The summed E-state index contributed by atoms with van der Waals surface area (Å²) in [6.07, 6.45) is 2.39. The molecule has 122 valence electrons. The van der Waals surface area contributed by atoms with Gasteiger partial charge < -0.3 is 9.47 Å². The molecule has 2 aromatic heterocycles. The summed E-state index contributed by atoms with van der Waals surface area (Å²) in [6, 6.07) is 12.3. The summed E-state index contributed by atoms with van der Waals surface area (Å²) in [7, 11) is 0. The first-order chi connectivity index (χ1) is 11.7. The number of hydrogen-bond donors (Lipinski definition) is 0. The standard InChI is InChI=1S/C19H19N3OS/c1-14-5-2-3-6-15(14)11-19(23)21-8-9-22-16(12-20-18(22)13-21)17-7-4-10-24-17/h2-7,10,12H,8-9,11,13H2,1H3. The van der Waals surface area contributed by atoms with Crippen LogP contribution in [0, 0.1) is 6.92 Å². The van der Waals surface area contributed by atoms with Gasteiger partial charge in [-0.2, -0.15) is 0 Å². The van der Waals surface area contributed by atoms with E-state index in [4.69, 9.17) is 0 Å². The summed E-state index contributed by atoms with van der Waals surface area (Å²) in [5, 5.41) is 2.08. The topological polar surface area (TPSA) is 38.1 Å². The highest BCUT2D eigenvalue weighted by molar-refractivity contribution is 7.13. The molecular weight excluding hydrogens is 318 g/mol. The number of fused-ring (bicyclic) bond motifs is 1. The number of thiophene rings is 1. The quantitative estimate of drug-likeness (QED) is 0.733. The molecule has 0 bridgehead atoms. The lowest BCUT2D eigenvalue weighted by Crippen LogP contribution is -2.39. The maximum Gasteiger partial charge on any atom is 0.227 e. The fourth-order valence-electron chi connectivity index (χ4n) is 3.18. The molecule has 0 fully saturated rings. The summed E-state index contributed by atoms with van der Waals surface area (Å²) >= 11 is 1.72. The van der Waals surface area contributed by atoms with Gasteiger partial charge in [0.05, 0.1) is 29.7 Å². The van der Waals surface area contributed by atoms with Gasteiger partial charge in [0.25, 0.3) is 0 Å². The van der Waals surface area contributed by atoms with Gasteiger partial charge in [-0.3, -0.25) is 4.79 Å². The lowest BCUT2D eigenvalue weighted by atomic mass is 10.1. The van der Waals surface area contributed by atoms with Gasteiger partial charge in [-0.15, -0.1) is 11.3 Å². The zero-order chi connectivity index (χ0) is 16.5. The summed E-state index contributed by atoms with van der Waals surface area (Å²) in [5.41, 5.74) is 3.44. The number of imidazole rings is 1. The number of rotatable bonds is 3. The van der Waals surface area contributed by atoms with Gasteiger partial charge in [-0.05, 0) is 29.5 Å². The van der Waals surface area contributed by atoms with Crippen LogP contribution in [0.3, 0.4) is 0 Å². The van der Waals surface area contributed by atoms with Crippen molar-refractivity contribution in [3.8, 4) is 10.6 Å². The minimum Gasteiger partial charge on any atom is -0.333 e. The monoisotopic (exact) mass is 337 g/mol. The van der Waals surface area contributed by atoms with E-state index in [0.717, 1.165) is 30.2 Å². The summed E-state index contributed by atoms with van der Waals surface area (Å²) < 4.78 is 2.24. The molecule has 1 aromatic carbocycles. The second kappa shape index (κ2) is 6.24. The van der Waals surface area contributed by atoms with Crippen molar-refractivity contribution in [3.63, 3.8) is 0 Å². The predicted octanol–water partition coefficient (Wildman–Crippen LogP) is 3.50. The molecule has 24 heavy (non-hydrogen) atoms. The Morgan fingerprint density at radius 3 is 2.88 bits per heavy atom. The third-order valence-corrected chi connectivity index (χ3v) is 5.49. The molecule has 5 heteroatoms. The lowest BCUT2D eigenvalue weighted by molar-refractivity contribution is -0.132. The maximum atomic E-state index is 12.7. The van der Waals surface area contributed by atoms with Crippen LogP contribution >= 0.6 is 11.3 Å². The minimum atomic E-state index is 0.177. The van der Waals surface area contributed by atoms with Crippen molar-refractivity contribution in [2.24, 2.45) is 0 Å². The van der Waals surface area contributed by atoms with Crippen molar-refractivity contribution < 1.29 is 4.79 Å². The summed E-state index contributed by atoms with van der Waals surface area (Å²) in [5.74, 6) is 1.15. The van der Waals surface area contributed by atoms with Crippen LogP contribution < -0.4 is 0 Å². The van der Waals surface area contributed by atoms with Crippen molar-refractivity contribution >= 4 is 17.2 Å². The molecule has 1 amide bonds. The van der Waals surface area contributed by atoms with Crippen molar-refractivity contribution in [2.45, 2.75) is 26.4 Å². The number of carbonyl (C=O) groups excluding carboxylic acids is 1. The van der Waals surface area contributed by atoms with E-state index in [2.05, 4.69) is 40.1 Å². The van der Waals surface area contributed by atoms with Gasteiger partial charge >= 0.3 is 0 Å². The Balaban J connectivity index is 1.51. The highest BCUT2D eigenvalue weighted by atomic mass is 32.1. The van der Waals surface area contributed by atoms with E-state index in [1.54, 1.807) is 11.3 Å². The second-order valence-electron chi connectivity index (χ2n) is 6.11. The zero-order valence-corrected chi connectivity index (χ0v) is 14.4. The van der Waals surface area contributed by atoms with Crippen LogP contribution in [0.5, 0.6) is 0 Å². The van der Waals surface area contributed by atoms with Crippen LogP contribution in [0.25, 0.3) is 10.6 Å². The van der Waals surface area contributed by atoms with E-state index in [9.17, 15) is 4.79 Å². The van der Waals surface area contributed by atoms with E-state index in [0.29, 0.717) is 13.0 Å². The average molecular weight is 337 g/mol. The molecule has 0 aliphatic carbocycles. The molecule has 0 radical (unpaired) electrons. The molecule has 3 heterocycles. The first kappa shape index (κ1) is 15.1. The van der Waals surface area contributed by atoms with Crippen LogP contribution in [-0.2, 0) is 24.3 Å². The first-order valence-electron chi connectivity index (χ1n) is 8.13. The molecule has 4 nitrogen and oxygen atoms in total. The summed E-state index contributed by atoms with van der Waals surface area (Å²) in [4.78, 5) is 20.4. The Bertz CT molecular complexity index is 867. The third-order valence-electron chi connectivity index (χ3n) is 4.59. The molecule has 0 saturated carbocycles. The highest BCUT2D eigenvalue weighted by Gasteiger charge is 2.24. The molecule has 0 N–H and O–H groups in total. The van der Waals surface area contributed by atoms with Crippen LogP contribution in [0.1, 0.15) is 17.0 Å². The maximum absolute atomic E-state index is 12.7. The fourth-order valence-corrected chi connectivity index (χ4v) is 3.92. The molecule has 0 atom stereocenters. The van der Waals surface area contributed by atoms with Crippen molar-refractivity contribution in [3.05, 3.63) is 64.9 Å². The van der Waals surface area contributed by atoms with Gasteiger partial charge in [0.1, 0.15) is 5.82 Å². The molecule has 0 unspecified atom stereocenters. The Labute approximate surface area is 145 Å². The normalized spacial score (nSPS) is 13.8. The first-order valence-corrected chi connectivity index (χ1v) is 9.01. The Morgan fingerprint density at radius 2 is 2.08 bits per heavy atom. The number of nitrogens with zero attached hydrogens (tertiary/aromatic N) is 3. The number of aromatic nitrogens is 2. The number of amides is 1. The average Bonchev–Trinajstić information content (AvgIpc) is 3.25. The van der Waals surface area contributed by atoms with Crippen LogP contribution in [0.15, 0.2) is 48.0 Å². The number of aryl methyl sites for hydroxylation is 1.